The minimum absolute atomic E-state index is 0.774. The van der Waals surface area contributed by atoms with Crippen molar-refractivity contribution in [1.82, 2.24) is 4.90 Å². The zero-order valence-electron chi connectivity index (χ0n) is 12.4. The number of rotatable bonds is 6. The minimum Gasteiger partial charge on any atom is -0.291 e. The predicted octanol–water partition coefficient (Wildman–Crippen LogP) is 4.08. The molecule has 0 N–H and O–H groups in total. The first-order valence-electron chi connectivity index (χ1n) is 7.14. The molecule has 0 saturated carbocycles. The Bertz CT molecular complexity index is 606. The van der Waals surface area contributed by atoms with Gasteiger partial charge in [-0.1, -0.05) is 66.2 Å². The highest BCUT2D eigenvalue weighted by Crippen LogP contribution is 2.11. The maximum absolute atomic E-state index is 8.63. The Kier molecular flexibility index (Phi) is 5.75. The molecule has 0 aliphatic carbocycles. The summed E-state index contributed by atoms with van der Waals surface area (Å²) in [5.41, 5.74) is 3.86. The summed E-state index contributed by atoms with van der Waals surface area (Å²) in [5.74, 6) is 0. The monoisotopic (exact) mass is 276 g/mol. The first-order valence-corrected chi connectivity index (χ1v) is 7.14. The normalized spacial score (nSPS) is 10.9. The van der Waals surface area contributed by atoms with Gasteiger partial charge in [0.25, 0.3) is 0 Å². The van der Waals surface area contributed by atoms with Gasteiger partial charge >= 0.3 is 0 Å². The number of nitrogens with zero attached hydrogens (tertiary/aromatic N) is 2. The van der Waals surface area contributed by atoms with Crippen LogP contribution in [0.4, 0.5) is 0 Å². The Morgan fingerprint density at radius 3 is 2.19 bits per heavy atom. The third-order valence-corrected chi connectivity index (χ3v) is 3.33. The summed E-state index contributed by atoms with van der Waals surface area (Å²) in [6, 6.07) is 21.1. The zero-order chi connectivity index (χ0) is 14.9. The molecule has 0 aliphatic rings. The molecular formula is C19H20N2. The van der Waals surface area contributed by atoms with Gasteiger partial charge in [0.2, 0.25) is 0 Å². The Balaban J connectivity index is 2.06. The Morgan fingerprint density at radius 2 is 1.57 bits per heavy atom. The van der Waals surface area contributed by atoms with Gasteiger partial charge in [-0.3, -0.25) is 4.90 Å². The van der Waals surface area contributed by atoms with Crippen molar-refractivity contribution in [3.05, 3.63) is 83.4 Å². The predicted molar refractivity (Wildman–Crippen MR) is 86.5 cm³/mol. The van der Waals surface area contributed by atoms with E-state index in [1.165, 1.54) is 16.7 Å². The van der Waals surface area contributed by atoms with Gasteiger partial charge in [0.05, 0.1) is 6.07 Å². The van der Waals surface area contributed by atoms with Crippen molar-refractivity contribution in [3.63, 3.8) is 0 Å². The van der Waals surface area contributed by atoms with E-state index in [-0.39, 0.29) is 0 Å². The Morgan fingerprint density at radius 1 is 0.952 bits per heavy atom. The molecule has 21 heavy (non-hydrogen) atoms. The molecule has 0 bridgehead atoms. The number of nitriles is 1. The van der Waals surface area contributed by atoms with Crippen LogP contribution in [0, 0.1) is 18.3 Å². The molecule has 0 fully saturated rings. The summed E-state index contributed by atoms with van der Waals surface area (Å²) < 4.78 is 0. The molecule has 0 spiro atoms. The van der Waals surface area contributed by atoms with Gasteiger partial charge in [-0.05, 0) is 18.1 Å². The fraction of sp³-hybridized carbons (Fsp3) is 0.211. The number of hydrogen-bond donors (Lipinski definition) is 0. The van der Waals surface area contributed by atoms with Gasteiger partial charge in [-0.2, -0.15) is 5.26 Å². The molecular weight excluding hydrogens is 256 g/mol. The average molecular weight is 276 g/mol. The van der Waals surface area contributed by atoms with E-state index < -0.39 is 0 Å². The molecule has 0 aromatic heterocycles. The van der Waals surface area contributed by atoms with Crippen molar-refractivity contribution in [1.29, 1.82) is 5.26 Å². The van der Waals surface area contributed by atoms with Crippen LogP contribution in [-0.2, 0) is 13.1 Å². The van der Waals surface area contributed by atoms with Crippen LogP contribution >= 0.6 is 0 Å². The summed E-state index contributed by atoms with van der Waals surface area (Å²) in [5, 5.41) is 8.63. The lowest BCUT2D eigenvalue weighted by Crippen LogP contribution is -2.22. The van der Waals surface area contributed by atoms with E-state index in [1.807, 2.05) is 12.1 Å². The van der Waals surface area contributed by atoms with Gasteiger partial charge in [-0.25, -0.2) is 0 Å². The summed E-state index contributed by atoms with van der Waals surface area (Å²) in [7, 11) is 0. The molecule has 2 rings (SSSR count). The molecule has 2 nitrogen and oxygen atoms in total. The van der Waals surface area contributed by atoms with Gasteiger partial charge in [-0.15, -0.1) is 0 Å². The van der Waals surface area contributed by atoms with Crippen LogP contribution < -0.4 is 0 Å². The molecule has 0 heterocycles. The highest BCUT2D eigenvalue weighted by molar-refractivity contribution is 5.22. The second kappa shape index (κ2) is 8.04. The lowest BCUT2D eigenvalue weighted by atomic mass is 10.1. The lowest BCUT2D eigenvalue weighted by Gasteiger charge is -2.21. The van der Waals surface area contributed by atoms with Crippen LogP contribution in [0.15, 0.2) is 66.7 Å². The minimum atomic E-state index is 0.774. The number of hydrogen-bond acceptors (Lipinski definition) is 2. The third-order valence-electron chi connectivity index (χ3n) is 3.33. The van der Waals surface area contributed by atoms with Crippen LogP contribution in [-0.4, -0.2) is 11.4 Å². The zero-order valence-corrected chi connectivity index (χ0v) is 12.4. The number of aryl methyl sites for hydroxylation is 1. The molecule has 2 aromatic carbocycles. The van der Waals surface area contributed by atoms with Gasteiger partial charge < -0.3 is 0 Å². The van der Waals surface area contributed by atoms with Crippen molar-refractivity contribution in [3.8, 4) is 6.07 Å². The first-order chi connectivity index (χ1) is 10.3. The van der Waals surface area contributed by atoms with Crippen LogP contribution in [0.2, 0.25) is 0 Å². The molecule has 0 radical (unpaired) electrons. The summed E-state index contributed by atoms with van der Waals surface area (Å²) >= 11 is 0. The Labute approximate surface area is 127 Å². The van der Waals surface area contributed by atoms with E-state index in [0.717, 1.165) is 19.6 Å². The van der Waals surface area contributed by atoms with E-state index >= 15 is 0 Å². The molecule has 0 unspecified atom stereocenters. The van der Waals surface area contributed by atoms with Crippen molar-refractivity contribution >= 4 is 0 Å². The molecule has 106 valence electrons. The lowest BCUT2D eigenvalue weighted by molar-refractivity contribution is 0.286. The summed E-state index contributed by atoms with van der Waals surface area (Å²) in [6.45, 7) is 4.63. The van der Waals surface area contributed by atoms with E-state index in [1.54, 1.807) is 6.08 Å². The van der Waals surface area contributed by atoms with Crippen molar-refractivity contribution in [2.24, 2.45) is 0 Å². The fourth-order valence-corrected chi connectivity index (χ4v) is 2.23. The van der Waals surface area contributed by atoms with Gasteiger partial charge in [0.1, 0.15) is 0 Å². The largest absolute Gasteiger partial charge is 0.291 e. The highest BCUT2D eigenvalue weighted by Gasteiger charge is 2.05. The molecule has 0 amide bonds. The topological polar surface area (TPSA) is 27.0 Å². The maximum Gasteiger partial charge on any atom is 0.0909 e. The smallest absolute Gasteiger partial charge is 0.0909 e. The molecule has 0 aliphatic heterocycles. The molecule has 0 saturated heterocycles. The van der Waals surface area contributed by atoms with Crippen molar-refractivity contribution in [2.45, 2.75) is 20.0 Å². The molecule has 2 aromatic rings. The standard InChI is InChI=1S/C19H20N2/c1-17-9-11-19(12-10-17)16-21(14-6-5-13-20)15-18-7-3-2-4-8-18/h2-12H,14-16H2,1H3/b6-5+. The van der Waals surface area contributed by atoms with Crippen LogP contribution in [0.3, 0.4) is 0 Å². The third kappa shape index (κ3) is 5.25. The van der Waals surface area contributed by atoms with Crippen molar-refractivity contribution < 1.29 is 0 Å². The SMILES string of the molecule is Cc1ccc(CN(C/C=C/C#N)Cc2ccccc2)cc1. The van der Waals surface area contributed by atoms with Crippen LogP contribution in [0.5, 0.6) is 0 Å². The van der Waals surface area contributed by atoms with Gasteiger partial charge in [0, 0.05) is 25.7 Å². The highest BCUT2D eigenvalue weighted by atomic mass is 15.1. The van der Waals surface area contributed by atoms with E-state index in [9.17, 15) is 0 Å². The van der Waals surface area contributed by atoms with Gasteiger partial charge in [0.15, 0.2) is 0 Å². The number of allylic oxidation sites excluding steroid dienone is 1. The van der Waals surface area contributed by atoms with E-state index in [2.05, 4.69) is 66.4 Å². The maximum atomic E-state index is 8.63. The van der Waals surface area contributed by atoms with Crippen LogP contribution in [0.25, 0.3) is 0 Å². The summed E-state index contributed by atoms with van der Waals surface area (Å²) in [6.07, 6.45) is 3.46. The van der Waals surface area contributed by atoms with E-state index in [0.29, 0.717) is 0 Å². The fourth-order valence-electron chi connectivity index (χ4n) is 2.23. The van der Waals surface area contributed by atoms with Crippen LogP contribution in [0.1, 0.15) is 16.7 Å². The Hall–Kier alpha value is -2.37. The second-order valence-corrected chi connectivity index (χ2v) is 5.17. The second-order valence-electron chi connectivity index (χ2n) is 5.17. The summed E-state index contributed by atoms with van der Waals surface area (Å²) in [4.78, 5) is 2.33. The number of benzene rings is 2. The molecule has 2 heteroatoms. The van der Waals surface area contributed by atoms with Crippen molar-refractivity contribution in [2.75, 3.05) is 6.54 Å². The van der Waals surface area contributed by atoms with E-state index in [4.69, 9.17) is 5.26 Å². The quantitative estimate of drug-likeness (QED) is 0.743. The average Bonchev–Trinajstić information content (AvgIpc) is 2.51. The molecule has 0 atom stereocenters. The first kappa shape index (κ1) is 15.0.